The molecule has 2 aliphatic heterocycles. The molecule has 138 valence electrons. The van der Waals surface area contributed by atoms with Crippen molar-refractivity contribution in [3.63, 3.8) is 0 Å². The summed E-state index contributed by atoms with van der Waals surface area (Å²) >= 11 is 0. The molecule has 0 unspecified atom stereocenters. The van der Waals surface area contributed by atoms with Gasteiger partial charge in [0.05, 0.1) is 18.4 Å². The van der Waals surface area contributed by atoms with Gasteiger partial charge in [-0.1, -0.05) is 0 Å². The lowest BCUT2D eigenvalue weighted by Gasteiger charge is -2.36. The van der Waals surface area contributed by atoms with Gasteiger partial charge in [0.2, 0.25) is 0 Å². The second-order valence-electron chi connectivity index (χ2n) is 6.79. The van der Waals surface area contributed by atoms with E-state index in [1.807, 2.05) is 4.90 Å². The number of ether oxygens (including phenoxy) is 1. The fourth-order valence-electron chi connectivity index (χ4n) is 3.49. The number of rotatable bonds is 4. The predicted molar refractivity (Wildman–Crippen MR) is 95.7 cm³/mol. The SMILES string of the molecule is C[C@H]1CN(CCNC(=O)N2CCN(c3cnccn3)CC2)C[C@H](C)O1. The van der Waals surface area contributed by atoms with E-state index in [4.69, 9.17) is 4.74 Å². The molecule has 2 atom stereocenters. The van der Waals surface area contributed by atoms with Gasteiger partial charge in [-0.15, -0.1) is 0 Å². The zero-order chi connectivity index (χ0) is 17.6. The van der Waals surface area contributed by atoms with E-state index < -0.39 is 0 Å². The van der Waals surface area contributed by atoms with E-state index in [2.05, 4.69) is 38.9 Å². The van der Waals surface area contributed by atoms with Crippen LogP contribution in [0.5, 0.6) is 0 Å². The fourth-order valence-corrected chi connectivity index (χ4v) is 3.49. The van der Waals surface area contributed by atoms with Crippen LogP contribution in [-0.2, 0) is 4.74 Å². The molecule has 1 aromatic heterocycles. The molecule has 25 heavy (non-hydrogen) atoms. The number of urea groups is 1. The molecule has 3 rings (SSSR count). The Balaban J connectivity index is 1.37. The molecular weight excluding hydrogens is 320 g/mol. The highest BCUT2D eigenvalue weighted by atomic mass is 16.5. The van der Waals surface area contributed by atoms with Gasteiger partial charge in [-0.3, -0.25) is 9.88 Å². The second-order valence-corrected chi connectivity index (χ2v) is 6.79. The molecule has 0 aromatic carbocycles. The van der Waals surface area contributed by atoms with Crippen molar-refractivity contribution >= 4 is 11.8 Å². The zero-order valence-corrected chi connectivity index (χ0v) is 15.1. The largest absolute Gasteiger partial charge is 0.373 e. The van der Waals surface area contributed by atoms with E-state index in [9.17, 15) is 4.79 Å². The molecule has 8 heteroatoms. The summed E-state index contributed by atoms with van der Waals surface area (Å²) in [5, 5.41) is 3.04. The summed E-state index contributed by atoms with van der Waals surface area (Å²) in [5.41, 5.74) is 0. The van der Waals surface area contributed by atoms with E-state index >= 15 is 0 Å². The summed E-state index contributed by atoms with van der Waals surface area (Å²) in [7, 11) is 0. The lowest BCUT2D eigenvalue weighted by molar-refractivity contribution is -0.0672. The maximum Gasteiger partial charge on any atom is 0.317 e. The minimum absolute atomic E-state index is 0.0214. The smallest absolute Gasteiger partial charge is 0.317 e. The van der Waals surface area contributed by atoms with Crippen LogP contribution in [0.3, 0.4) is 0 Å². The van der Waals surface area contributed by atoms with E-state index in [0.29, 0.717) is 19.6 Å². The lowest BCUT2D eigenvalue weighted by Crippen LogP contribution is -2.53. The summed E-state index contributed by atoms with van der Waals surface area (Å²) in [6.07, 6.45) is 5.65. The Morgan fingerprint density at radius 3 is 2.56 bits per heavy atom. The number of carbonyl (C=O) groups excluding carboxylic acids is 1. The normalized spacial score (nSPS) is 25.0. The van der Waals surface area contributed by atoms with Crippen molar-refractivity contribution in [3.05, 3.63) is 18.6 Å². The quantitative estimate of drug-likeness (QED) is 0.850. The minimum Gasteiger partial charge on any atom is -0.373 e. The van der Waals surface area contributed by atoms with Gasteiger partial charge < -0.3 is 19.9 Å². The van der Waals surface area contributed by atoms with Crippen LogP contribution in [0.15, 0.2) is 18.6 Å². The van der Waals surface area contributed by atoms with Crippen molar-refractivity contribution in [2.45, 2.75) is 26.1 Å². The van der Waals surface area contributed by atoms with Crippen LogP contribution >= 0.6 is 0 Å². The van der Waals surface area contributed by atoms with Crippen LogP contribution in [-0.4, -0.2) is 90.4 Å². The van der Waals surface area contributed by atoms with Gasteiger partial charge in [-0.2, -0.15) is 0 Å². The molecule has 0 bridgehead atoms. The highest BCUT2D eigenvalue weighted by Crippen LogP contribution is 2.12. The minimum atomic E-state index is 0.0214. The van der Waals surface area contributed by atoms with Crippen LogP contribution in [0, 0.1) is 0 Å². The molecular formula is C17H28N6O2. The lowest BCUT2D eigenvalue weighted by atomic mass is 10.2. The van der Waals surface area contributed by atoms with Gasteiger partial charge in [0, 0.05) is 64.8 Å². The van der Waals surface area contributed by atoms with Crippen LogP contribution < -0.4 is 10.2 Å². The van der Waals surface area contributed by atoms with E-state index in [1.165, 1.54) is 0 Å². The molecule has 2 saturated heterocycles. The molecule has 0 spiro atoms. The number of aromatic nitrogens is 2. The molecule has 2 amide bonds. The zero-order valence-electron chi connectivity index (χ0n) is 15.1. The fraction of sp³-hybridized carbons (Fsp3) is 0.706. The van der Waals surface area contributed by atoms with Gasteiger partial charge in [0.25, 0.3) is 0 Å². The number of piperazine rings is 1. The van der Waals surface area contributed by atoms with E-state index in [0.717, 1.165) is 38.5 Å². The summed E-state index contributed by atoms with van der Waals surface area (Å²) in [4.78, 5) is 27.1. The van der Waals surface area contributed by atoms with Crippen molar-refractivity contribution in [1.29, 1.82) is 0 Å². The molecule has 0 radical (unpaired) electrons. The Labute approximate surface area is 149 Å². The number of nitrogens with one attached hydrogen (secondary N) is 1. The first kappa shape index (κ1) is 17.9. The van der Waals surface area contributed by atoms with Crippen molar-refractivity contribution in [1.82, 2.24) is 25.1 Å². The highest BCUT2D eigenvalue weighted by molar-refractivity contribution is 5.74. The Kier molecular flexibility index (Phi) is 6.04. The number of amides is 2. The molecule has 8 nitrogen and oxygen atoms in total. The Bertz CT molecular complexity index is 539. The van der Waals surface area contributed by atoms with Gasteiger partial charge >= 0.3 is 6.03 Å². The third-order valence-electron chi connectivity index (χ3n) is 4.64. The maximum absolute atomic E-state index is 12.3. The van der Waals surface area contributed by atoms with Crippen LogP contribution in [0.2, 0.25) is 0 Å². The van der Waals surface area contributed by atoms with Gasteiger partial charge in [0.15, 0.2) is 0 Å². The second kappa shape index (κ2) is 8.44. The molecule has 0 aliphatic carbocycles. The number of nitrogens with zero attached hydrogens (tertiary/aromatic N) is 5. The number of hydrogen-bond acceptors (Lipinski definition) is 6. The Morgan fingerprint density at radius 1 is 1.20 bits per heavy atom. The van der Waals surface area contributed by atoms with Crippen LogP contribution in [0.4, 0.5) is 10.6 Å². The van der Waals surface area contributed by atoms with Crippen LogP contribution in [0.1, 0.15) is 13.8 Å². The monoisotopic (exact) mass is 348 g/mol. The first-order valence-corrected chi connectivity index (χ1v) is 9.03. The number of carbonyl (C=O) groups is 1. The maximum atomic E-state index is 12.3. The molecule has 1 N–H and O–H groups in total. The van der Waals surface area contributed by atoms with Gasteiger partial charge in [-0.05, 0) is 13.8 Å². The topological polar surface area (TPSA) is 73.8 Å². The first-order chi connectivity index (χ1) is 12.1. The number of hydrogen-bond donors (Lipinski definition) is 1. The van der Waals surface area contributed by atoms with E-state index in [1.54, 1.807) is 18.6 Å². The average molecular weight is 348 g/mol. The van der Waals surface area contributed by atoms with E-state index in [-0.39, 0.29) is 18.2 Å². The molecule has 3 heterocycles. The highest BCUT2D eigenvalue weighted by Gasteiger charge is 2.23. The molecule has 2 aliphatic rings. The van der Waals surface area contributed by atoms with Crippen LogP contribution in [0.25, 0.3) is 0 Å². The average Bonchev–Trinajstić information content (AvgIpc) is 2.62. The predicted octanol–water partition coefficient (Wildman–Crippen LogP) is 0.417. The van der Waals surface area contributed by atoms with Crippen molar-refractivity contribution in [2.24, 2.45) is 0 Å². The summed E-state index contributed by atoms with van der Waals surface area (Å²) < 4.78 is 5.73. The van der Waals surface area contributed by atoms with Gasteiger partial charge in [0.1, 0.15) is 5.82 Å². The third-order valence-corrected chi connectivity index (χ3v) is 4.64. The first-order valence-electron chi connectivity index (χ1n) is 9.03. The summed E-state index contributed by atoms with van der Waals surface area (Å²) in [6.45, 7) is 10.5. The summed E-state index contributed by atoms with van der Waals surface area (Å²) in [6, 6.07) is 0.0214. The van der Waals surface area contributed by atoms with Crippen molar-refractivity contribution in [2.75, 3.05) is 57.3 Å². The molecule has 1 aromatic rings. The Morgan fingerprint density at radius 2 is 1.92 bits per heavy atom. The summed E-state index contributed by atoms with van der Waals surface area (Å²) in [5.74, 6) is 0.873. The molecule has 0 saturated carbocycles. The molecule has 2 fully saturated rings. The number of anilines is 1. The number of morpholine rings is 1. The third kappa shape index (κ3) is 5.02. The standard InChI is InChI=1S/C17H28N6O2/c1-14-12-21(13-15(2)25-14)6-5-20-17(24)23-9-7-22(8-10-23)16-11-18-3-4-19-16/h3-4,11,14-15H,5-10,12-13H2,1-2H3,(H,20,24)/t14-,15-/m0/s1. The van der Waals surface area contributed by atoms with Gasteiger partial charge in [-0.25, -0.2) is 9.78 Å². The Hall–Kier alpha value is -1.93. The van der Waals surface area contributed by atoms with Crippen molar-refractivity contribution in [3.8, 4) is 0 Å². The van der Waals surface area contributed by atoms with Crippen molar-refractivity contribution < 1.29 is 9.53 Å².